The van der Waals surface area contributed by atoms with Crippen LogP contribution in [0.15, 0.2) is 42.5 Å². The molecule has 1 unspecified atom stereocenters. The number of nitrogens with zero attached hydrogens (tertiary/aromatic N) is 1. The average Bonchev–Trinajstić information content (AvgIpc) is 3.42. The largest absolute Gasteiger partial charge is 0.442 e. The number of halogens is 1. The lowest BCUT2D eigenvalue weighted by Gasteiger charge is -2.15. The number of ether oxygens (including phenoxy) is 1. The Morgan fingerprint density at radius 2 is 1.97 bits per heavy atom. The first-order valence-corrected chi connectivity index (χ1v) is 11.1. The molecule has 0 aromatic heterocycles. The predicted molar refractivity (Wildman–Crippen MR) is 122 cm³/mol. The molecule has 4 N–H and O–H groups in total. The van der Waals surface area contributed by atoms with Gasteiger partial charge in [-0.05, 0) is 35.7 Å². The van der Waals surface area contributed by atoms with E-state index in [1.54, 1.807) is 24.3 Å². The Morgan fingerprint density at radius 3 is 2.62 bits per heavy atom. The standard InChI is InChI=1S/C24H27FN4O5/c1-14(30)26-12-19-13-29(24(33)34-19)17-6-7-20(21(25)8-17)16-4-2-15(3-5-16)10-28-23(32)22-9-18(31)11-27-22/h2-8,18-19,22,27,31H,9-13H2,1H3,(H,26,30)(H,28,32)/t18-,19?,22+/m1/s1. The molecule has 2 heterocycles. The van der Waals surface area contributed by atoms with Gasteiger partial charge >= 0.3 is 6.09 Å². The van der Waals surface area contributed by atoms with Crippen LogP contribution in [0, 0.1) is 5.82 Å². The van der Waals surface area contributed by atoms with Crippen LogP contribution in [0.3, 0.4) is 0 Å². The van der Waals surface area contributed by atoms with E-state index in [2.05, 4.69) is 16.0 Å². The van der Waals surface area contributed by atoms with Crippen molar-refractivity contribution in [2.75, 3.05) is 24.5 Å². The van der Waals surface area contributed by atoms with Gasteiger partial charge in [-0.25, -0.2) is 9.18 Å². The van der Waals surface area contributed by atoms with Gasteiger partial charge in [-0.15, -0.1) is 0 Å². The van der Waals surface area contributed by atoms with Gasteiger partial charge in [0.2, 0.25) is 11.8 Å². The van der Waals surface area contributed by atoms with Crippen molar-refractivity contribution in [1.82, 2.24) is 16.0 Å². The molecule has 0 spiro atoms. The second-order valence-electron chi connectivity index (χ2n) is 8.48. The maximum atomic E-state index is 14.9. The van der Waals surface area contributed by atoms with Gasteiger partial charge in [0.15, 0.2) is 0 Å². The maximum absolute atomic E-state index is 14.9. The number of anilines is 1. The molecular formula is C24H27FN4O5. The van der Waals surface area contributed by atoms with Gasteiger partial charge in [0.05, 0.1) is 30.9 Å². The minimum atomic E-state index is -0.587. The molecule has 34 heavy (non-hydrogen) atoms. The number of hydrogen-bond acceptors (Lipinski definition) is 6. The second-order valence-corrected chi connectivity index (χ2v) is 8.48. The van der Waals surface area contributed by atoms with E-state index in [1.807, 2.05) is 12.1 Å². The number of carbonyl (C=O) groups excluding carboxylic acids is 3. The lowest BCUT2D eigenvalue weighted by Crippen LogP contribution is -2.39. The second kappa shape index (κ2) is 10.2. The molecule has 3 amide bonds. The van der Waals surface area contributed by atoms with Crippen molar-refractivity contribution < 1.29 is 28.6 Å². The molecule has 4 rings (SSSR count). The van der Waals surface area contributed by atoms with Crippen LogP contribution in [-0.4, -0.2) is 60.9 Å². The molecule has 2 fully saturated rings. The highest BCUT2D eigenvalue weighted by atomic mass is 19.1. The van der Waals surface area contributed by atoms with Crippen LogP contribution in [-0.2, 0) is 20.9 Å². The fourth-order valence-corrected chi connectivity index (χ4v) is 4.03. The first kappa shape index (κ1) is 23.7. The molecule has 2 saturated heterocycles. The summed E-state index contributed by atoms with van der Waals surface area (Å²) in [5.41, 5.74) is 2.28. The lowest BCUT2D eigenvalue weighted by molar-refractivity contribution is -0.123. The van der Waals surface area contributed by atoms with E-state index in [-0.39, 0.29) is 24.9 Å². The number of carbonyl (C=O) groups is 3. The van der Waals surface area contributed by atoms with Gasteiger partial charge in [0.1, 0.15) is 11.9 Å². The Kier molecular flexibility index (Phi) is 7.09. The summed E-state index contributed by atoms with van der Waals surface area (Å²) in [5, 5.41) is 17.9. The van der Waals surface area contributed by atoms with Crippen molar-refractivity contribution in [2.45, 2.75) is 38.1 Å². The number of β-amino-alcohol motifs (C(OH)–C–C–N with tert-alkyl or cyclic N) is 1. The van der Waals surface area contributed by atoms with Crippen LogP contribution in [0.1, 0.15) is 18.9 Å². The Bertz CT molecular complexity index is 1080. The minimum Gasteiger partial charge on any atom is -0.442 e. The van der Waals surface area contributed by atoms with Crippen molar-refractivity contribution in [3.05, 3.63) is 53.8 Å². The minimum absolute atomic E-state index is 0.165. The van der Waals surface area contributed by atoms with Gasteiger partial charge in [-0.2, -0.15) is 0 Å². The van der Waals surface area contributed by atoms with Crippen LogP contribution in [0.5, 0.6) is 0 Å². The summed E-state index contributed by atoms with van der Waals surface area (Å²) < 4.78 is 20.1. The topological polar surface area (TPSA) is 120 Å². The van der Waals surface area contributed by atoms with Gasteiger partial charge in [-0.3, -0.25) is 14.5 Å². The highest BCUT2D eigenvalue weighted by Gasteiger charge is 2.32. The number of aliphatic hydroxyl groups is 1. The van der Waals surface area contributed by atoms with E-state index >= 15 is 0 Å². The van der Waals surface area contributed by atoms with E-state index in [0.29, 0.717) is 36.3 Å². The smallest absolute Gasteiger partial charge is 0.414 e. The van der Waals surface area contributed by atoms with Crippen molar-refractivity contribution in [1.29, 1.82) is 0 Å². The summed E-state index contributed by atoms with van der Waals surface area (Å²) in [6.07, 6.45) is -1.19. The van der Waals surface area contributed by atoms with Gasteiger partial charge < -0.3 is 25.8 Å². The SMILES string of the molecule is CC(=O)NCC1CN(c2ccc(-c3ccc(CNC(=O)[C@@H]4C[C@@H](O)CN4)cc3)c(F)c2)C(=O)O1. The Labute approximate surface area is 196 Å². The van der Waals surface area contributed by atoms with Crippen molar-refractivity contribution in [3.8, 4) is 11.1 Å². The summed E-state index contributed by atoms with van der Waals surface area (Å²) in [5.74, 6) is -0.867. The summed E-state index contributed by atoms with van der Waals surface area (Å²) in [4.78, 5) is 36.7. The first-order valence-electron chi connectivity index (χ1n) is 11.1. The molecule has 2 aliphatic rings. The number of benzene rings is 2. The predicted octanol–water partition coefficient (Wildman–Crippen LogP) is 1.29. The van der Waals surface area contributed by atoms with Gasteiger partial charge in [0, 0.05) is 25.6 Å². The van der Waals surface area contributed by atoms with Crippen LogP contribution in [0.2, 0.25) is 0 Å². The van der Waals surface area contributed by atoms with Crippen molar-refractivity contribution in [2.24, 2.45) is 0 Å². The van der Waals surface area contributed by atoms with Crippen LogP contribution in [0.25, 0.3) is 11.1 Å². The summed E-state index contributed by atoms with van der Waals surface area (Å²) in [7, 11) is 0. The first-order chi connectivity index (χ1) is 16.3. The molecule has 0 radical (unpaired) electrons. The number of nitrogens with one attached hydrogen (secondary N) is 3. The average molecular weight is 471 g/mol. The Balaban J connectivity index is 1.37. The molecule has 0 saturated carbocycles. The number of amides is 3. The zero-order chi connectivity index (χ0) is 24.2. The quantitative estimate of drug-likeness (QED) is 0.484. The number of aliphatic hydroxyl groups excluding tert-OH is 1. The molecule has 0 aliphatic carbocycles. The molecule has 3 atom stereocenters. The zero-order valence-corrected chi connectivity index (χ0v) is 18.7. The summed E-state index contributed by atoms with van der Waals surface area (Å²) in [6, 6.07) is 11.3. The van der Waals surface area contributed by atoms with Crippen LogP contribution >= 0.6 is 0 Å². The van der Waals surface area contributed by atoms with Crippen LogP contribution < -0.4 is 20.9 Å². The van der Waals surface area contributed by atoms with E-state index < -0.39 is 30.2 Å². The third kappa shape index (κ3) is 5.52. The van der Waals surface area contributed by atoms with Crippen LogP contribution in [0.4, 0.5) is 14.9 Å². The van der Waals surface area contributed by atoms with E-state index in [0.717, 1.165) is 5.56 Å². The number of rotatable bonds is 7. The highest BCUT2D eigenvalue weighted by molar-refractivity contribution is 5.90. The summed E-state index contributed by atoms with van der Waals surface area (Å²) in [6.45, 7) is 2.53. The summed E-state index contributed by atoms with van der Waals surface area (Å²) >= 11 is 0. The Hall–Kier alpha value is -3.50. The van der Waals surface area contributed by atoms with E-state index in [9.17, 15) is 23.9 Å². The molecule has 0 bridgehead atoms. The normalized spacial score (nSPS) is 21.9. The number of cyclic esters (lactones) is 1. The Morgan fingerprint density at radius 1 is 1.21 bits per heavy atom. The third-order valence-corrected chi connectivity index (χ3v) is 5.87. The van der Waals surface area contributed by atoms with E-state index in [4.69, 9.17) is 4.74 Å². The molecule has 2 aromatic rings. The molecular weight excluding hydrogens is 443 g/mol. The molecule has 180 valence electrons. The molecule has 10 heteroatoms. The maximum Gasteiger partial charge on any atom is 0.414 e. The fraction of sp³-hybridized carbons (Fsp3) is 0.375. The highest BCUT2D eigenvalue weighted by Crippen LogP contribution is 2.29. The van der Waals surface area contributed by atoms with Crippen molar-refractivity contribution in [3.63, 3.8) is 0 Å². The third-order valence-electron chi connectivity index (χ3n) is 5.87. The molecule has 2 aromatic carbocycles. The zero-order valence-electron chi connectivity index (χ0n) is 18.7. The van der Waals surface area contributed by atoms with Gasteiger partial charge in [0.25, 0.3) is 0 Å². The molecule has 9 nitrogen and oxygen atoms in total. The molecule has 2 aliphatic heterocycles. The monoisotopic (exact) mass is 470 g/mol. The number of hydrogen-bond donors (Lipinski definition) is 4. The van der Waals surface area contributed by atoms with E-state index in [1.165, 1.54) is 17.9 Å². The lowest BCUT2D eigenvalue weighted by atomic mass is 10.0. The van der Waals surface area contributed by atoms with Crippen molar-refractivity contribution >= 4 is 23.6 Å². The fourth-order valence-electron chi connectivity index (χ4n) is 4.03. The van der Waals surface area contributed by atoms with Gasteiger partial charge in [-0.1, -0.05) is 24.3 Å².